The van der Waals surface area contributed by atoms with Gasteiger partial charge < -0.3 is 15.4 Å². The summed E-state index contributed by atoms with van der Waals surface area (Å²) in [5.41, 5.74) is 6.62. The van der Waals surface area contributed by atoms with Crippen LogP contribution in [-0.4, -0.2) is 30.6 Å². The molecule has 1 aliphatic rings. The molecule has 2 rings (SSSR count). The molecule has 1 unspecified atom stereocenters. The highest BCUT2D eigenvalue weighted by Gasteiger charge is 2.12. The molecule has 1 aliphatic heterocycles. The number of nitrogens with two attached hydrogens (primary N) is 1. The number of ether oxygens (including phenoxy) is 1. The molecule has 3 nitrogen and oxygen atoms in total. The quantitative estimate of drug-likeness (QED) is 0.827. The molecule has 0 saturated carbocycles. The Hall–Kier alpha value is -1.22. The maximum atomic E-state index is 5.92. The first-order chi connectivity index (χ1) is 9.25. The molecule has 19 heavy (non-hydrogen) atoms. The van der Waals surface area contributed by atoms with Gasteiger partial charge in [0.15, 0.2) is 0 Å². The first kappa shape index (κ1) is 14.2. The second-order valence-corrected chi connectivity index (χ2v) is 5.51. The summed E-state index contributed by atoms with van der Waals surface area (Å²) in [5.74, 6) is 0.811. The fourth-order valence-electron chi connectivity index (χ4n) is 2.59. The number of benzene rings is 1. The zero-order valence-electron chi connectivity index (χ0n) is 12.0. The van der Waals surface area contributed by atoms with Crippen LogP contribution in [0.3, 0.4) is 0 Å². The average molecular weight is 262 g/mol. The minimum absolute atomic E-state index is 0.216. The molecule has 1 fully saturated rings. The highest BCUT2D eigenvalue weighted by molar-refractivity contribution is 5.51. The Labute approximate surface area is 116 Å². The zero-order valence-corrected chi connectivity index (χ0v) is 12.0. The molecule has 0 aliphatic carbocycles. The molecule has 0 spiro atoms. The normalized spacial score (nSPS) is 18.8. The largest absolute Gasteiger partial charge is 0.489 e. The van der Waals surface area contributed by atoms with Gasteiger partial charge in [0, 0.05) is 6.54 Å². The third kappa shape index (κ3) is 4.75. The Morgan fingerprint density at radius 1 is 1.16 bits per heavy atom. The van der Waals surface area contributed by atoms with E-state index in [0.29, 0.717) is 0 Å². The highest BCUT2D eigenvalue weighted by Crippen LogP contribution is 2.22. The summed E-state index contributed by atoms with van der Waals surface area (Å²) in [6.07, 6.45) is 6.76. The molecule has 1 atom stereocenters. The van der Waals surface area contributed by atoms with Crippen LogP contribution in [0.15, 0.2) is 24.3 Å². The number of para-hydroxylation sites is 2. The smallest absolute Gasteiger partial charge is 0.142 e. The van der Waals surface area contributed by atoms with E-state index in [4.69, 9.17) is 10.5 Å². The van der Waals surface area contributed by atoms with E-state index in [-0.39, 0.29) is 6.10 Å². The molecule has 1 saturated heterocycles. The standard InChI is InChI=1S/C16H26N2O/c1-14(19-16-9-5-4-8-15(16)17)10-13-18-11-6-2-3-7-12-18/h4-5,8-9,14H,2-3,6-7,10-13,17H2,1H3. The number of hydrogen-bond acceptors (Lipinski definition) is 3. The number of hydrogen-bond donors (Lipinski definition) is 1. The van der Waals surface area contributed by atoms with Gasteiger partial charge in [-0.3, -0.25) is 0 Å². The van der Waals surface area contributed by atoms with Gasteiger partial charge in [0.2, 0.25) is 0 Å². The molecule has 1 heterocycles. The van der Waals surface area contributed by atoms with Crippen molar-refractivity contribution in [3.8, 4) is 5.75 Å². The number of anilines is 1. The first-order valence-electron chi connectivity index (χ1n) is 7.49. The zero-order chi connectivity index (χ0) is 13.5. The predicted molar refractivity (Wildman–Crippen MR) is 80.5 cm³/mol. The van der Waals surface area contributed by atoms with Crippen molar-refractivity contribution in [1.82, 2.24) is 4.90 Å². The molecule has 3 heteroatoms. The van der Waals surface area contributed by atoms with E-state index < -0.39 is 0 Å². The van der Waals surface area contributed by atoms with Gasteiger partial charge in [0.1, 0.15) is 5.75 Å². The summed E-state index contributed by atoms with van der Waals surface area (Å²) in [5, 5.41) is 0. The lowest BCUT2D eigenvalue weighted by Crippen LogP contribution is -2.29. The van der Waals surface area contributed by atoms with Crippen LogP contribution in [0, 0.1) is 0 Å². The van der Waals surface area contributed by atoms with E-state index in [1.165, 1.54) is 38.8 Å². The van der Waals surface area contributed by atoms with Crippen LogP contribution >= 0.6 is 0 Å². The predicted octanol–water partition coefficient (Wildman–Crippen LogP) is 3.30. The summed E-state index contributed by atoms with van der Waals surface area (Å²) in [7, 11) is 0. The fourth-order valence-corrected chi connectivity index (χ4v) is 2.59. The maximum Gasteiger partial charge on any atom is 0.142 e. The van der Waals surface area contributed by atoms with Crippen LogP contribution in [0.4, 0.5) is 5.69 Å². The summed E-state index contributed by atoms with van der Waals surface area (Å²) in [4.78, 5) is 2.57. The molecule has 0 aromatic heterocycles. The monoisotopic (exact) mass is 262 g/mol. The third-order valence-corrected chi connectivity index (χ3v) is 3.80. The van der Waals surface area contributed by atoms with Crippen molar-refractivity contribution < 1.29 is 4.74 Å². The lowest BCUT2D eigenvalue weighted by molar-refractivity contribution is 0.179. The van der Waals surface area contributed by atoms with Crippen molar-refractivity contribution in [3.63, 3.8) is 0 Å². The molecule has 0 radical (unpaired) electrons. The van der Waals surface area contributed by atoms with Crippen molar-refractivity contribution in [2.24, 2.45) is 0 Å². The van der Waals surface area contributed by atoms with Gasteiger partial charge >= 0.3 is 0 Å². The van der Waals surface area contributed by atoms with Crippen LogP contribution in [-0.2, 0) is 0 Å². The second kappa shape index (κ2) is 7.39. The van der Waals surface area contributed by atoms with Gasteiger partial charge in [-0.2, -0.15) is 0 Å². The summed E-state index contributed by atoms with van der Waals surface area (Å²) in [6, 6.07) is 7.73. The van der Waals surface area contributed by atoms with Crippen molar-refractivity contribution in [1.29, 1.82) is 0 Å². The van der Waals surface area contributed by atoms with Crippen LogP contribution < -0.4 is 10.5 Å². The fraction of sp³-hybridized carbons (Fsp3) is 0.625. The summed E-state index contributed by atoms with van der Waals surface area (Å²) < 4.78 is 5.92. The van der Waals surface area contributed by atoms with Crippen LogP contribution in [0.1, 0.15) is 39.0 Å². The summed E-state index contributed by atoms with van der Waals surface area (Å²) >= 11 is 0. The van der Waals surface area contributed by atoms with E-state index in [2.05, 4.69) is 11.8 Å². The van der Waals surface area contributed by atoms with Crippen LogP contribution in [0.25, 0.3) is 0 Å². The number of rotatable bonds is 5. The van der Waals surface area contributed by atoms with E-state index in [9.17, 15) is 0 Å². The van der Waals surface area contributed by atoms with Gasteiger partial charge in [-0.05, 0) is 51.4 Å². The van der Waals surface area contributed by atoms with E-state index in [0.717, 1.165) is 24.4 Å². The Morgan fingerprint density at radius 2 is 1.84 bits per heavy atom. The van der Waals surface area contributed by atoms with E-state index in [1.54, 1.807) is 0 Å². The Kier molecular flexibility index (Phi) is 5.52. The van der Waals surface area contributed by atoms with Gasteiger partial charge in [0.25, 0.3) is 0 Å². The lowest BCUT2D eigenvalue weighted by Gasteiger charge is -2.22. The Morgan fingerprint density at radius 3 is 2.53 bits per heavy atom. The molecule has 0 bridgehead atoms. The lowest BCUT2D eigenvalue weighted by atomic mass is 10.2. The third-order valence-electron chi connectivity index (χ3n) is 3.80. The van der Waals surface area contributed by atoms with Crippen molar-refractivity contribution in [2.75, 3.05) is 25.4 Å². The van der Waals surface area contributed by atoms with Gasteiger partial charge in [-0.1, -0.05) is 25.0 Å². The van der Waals surface area contributed by atoms with Gasteiger partial charge in [-0.25, -0.2) is 0 Å². The van der Waals surface area contributed by atoms with Gasteiger partial charge in [0.05, 0.1) is 11.8 Å². The molecular weight excluding hydrogens is 236 g/mol. The van der Waals surface area contributed by atoms with E-state index in [1.807, 2.05) is 24.3 Å². The van der Waals surface area contributed by atoms with Crippen molar-refractivity contribution >= 4 is 5.69 Å². The SMILES string of the molecule is CC(CCN1CCCCCC1)Oc1ccccc1N. The molecule has 2 N–H and O–H groups in total. The van der Waals surface area contributed by atoms with Crippen LogP contribution in [0.2, 0.25) is 0 Å². The van der Waals surface area contributed by atoms with Crippen molar-refractivity contribution in [2.45, 2.75) is 45.1 Å². The summed E-state index contributed by atoms with van der Waals surface area (Å²) in [6.45, 7) is 5.76. The van der Waals surface area contributed by atoms with Crippen LogP contribution in [0.5, 0.6) is 5.75 Å². The minimum Gasteiger partial charge on any atom is -0.489 e. The molecule has 1 aromatic rings. The number of nitrogens with zero attached hydrogens (tertiary/aromatic N) is 1. The highest BCUT2D eigenvalue weighted by atomic mass is 16.5. The topological polar surface area (TPSA) is 38.5 Å². The Bertz CT molecular complexity index is 373. The molecule has 106 valence electrons. The average Bonchev–Trinajstić information content (AvgIpc) is 2.68. The molecular formula is C16H26N2O. The number of nitrogen functional groups attached to an aromatic ring is 1. The maximum absolute atomic E-state index is 5.92. The molecule has 1 aromatic carbocycles. The van der Waals surface area contributed by atoms with Crippen molar-refractivity contribution in [3.05, 3.63) is 24.3 Å². The molecule has 0 amide bonds. The van der Waals surface area contributed by atoms with Gasteiger partial charge in [-0.15, -0.1) is 0 Å². The second-order valence-electron chi connectivity index (χ2n) is 5.51. The Balaban J connectivity index is 1.75. The minimum atomic E-state index is 0.216. The number of likely N-dealkylation sites (tertiary alicyclic amines) is 1. The van der Waals surface area contributed by atoms with E-state index >= 15 is 0 Å². The first-order valence-corrected chi connectivity index (χ1v) is 7.49.